The molecule has 0 spiro atoms. The highest BCUT2D eigenvalue weighted by Gasteiger charge is 2.12. The minimum atomic E-state index is -0.338. The van der Waals surface area contributed by atoms with Crippen molar-refractivity contribution < 1.29 is 9.59 Å². The third-order valence-electron chi connectivity index (χ3n) is 2.06. The lowest BCUT2D eigenvalue weighted by Crippen LogP contribution is -2.36. The molecule has 0 aromatic heterocycles. The van der Waals surface area contributed by atoms with Crippen LogP contribution in [-0.2, 0) is 4.79 Å². The number of carbonyl (C=O) groups excluding carboxylic acids is 2. The Morgan fingerprint density at radius 3 is 2.71 bits per heavy atom. The van der Waals surface area contributed by atoms with Crippen LogP contribution in [0.1, 0.15) is 17.3 Å². The minimum Gasteiger partial charge on any atom is -0.398 e. The molecule has 92 valence electrons. The van der Waals surface area contributed by atoms with Crippen molar-refractivity contribution in [3.63, 3.8) is 0 Å². The maximum atomic E-state index is 11.7. The van der Waals surface area contributed by atoms with Crippen molar-refractivity contribution >= 4 is 33.4 Å². The molecule has 0 saturated carbocycles. The van der Waals surface area contributed by atoms with Crippen LogP contribution in [0.25, 0.3) is 0 Å². The number of benzene rings is 1. The second-order valence-electron chi connectivity index (χ2n) is 3.34. The Bertz CT molecular complexity index is 435. The minimum absolute atomic E-state index is 0.0477. The standard InChI is InChI=1S/C11H14BrN3O2/c1-2-14-9(16)6-15-11(17)7-4-3-5-8(13)10(7)12/h3-5H,2,6,13H2,1H3,(H,14,16)(H,15,17). The van der Waals surface area contributed by atoms with Crippen LogP contribution in [0.3, 0.4) is 0 Å². The molecule has 4 N–H and O–H groups in total. The largest absolute Gasteiger partial charge is 0.398 e. The summed E-state index contributed by atoms with van der Waals surface area (Å²) in [4.78, 5) is 22.9. The lowest BCUT2D eigenvalue weighted by atomic mass is 10.2. The fourth-order valence-electron chi connectivity index (χ4n) is 1.24. The molecule has 1 aromatic carbocycles. The molecule has 0 atom stereocenters. The van der Waals surface area contributed by atoms with Gasteiger partial charge < -0.3 is 16.4 Å². The van der Waals surface area contributed by atoms with Crippen molar-refractivity contribution in [1.82, 2.24) is 10.6 Å². The molecular weight excluding hydrogens is 286 g/mol. The molecule has 0 aliphatic carbocycles. The van der Waals surface area contributed by atoms with Gasteiger partial charge in [0.2, 0.25) is 5.91 Å². The fourth-order valence-corrected chi connectivity index (χ4v) is 1.69. The number of halogens is 1. The molecule has 0 aliphatic rings. The van der Waals surface area contributed by atoms with Crippen molar-refractivity contribution in [2.24, 2.45) is 0 Å². The number of anilines is 1. The van der Waals surface area contributed by atoms with E-state index in [0.717, 1.165) is 0 Å². The van der Waals surface area contributed by atoms with Gasteiger partial charge in [0.25, 0.3) is 5.91 Å². The summed E-state index contributed by atoms with van der Waals surface area (Å²) in [7, 11) is 0. The number of rotatable bonds is 4. The number of carbonyl (C=O) groups is 2. The molecular formula is C11H14BrN3O2. The zero-order valence-corrected chi connectivity index (χ0v) is 11.0. The maximum Gasteiger partial charge on any atom is 0.252 e. The summed E-state index contributed by atoms with van der Waals surface area (Å²) in [5.41, 5.74) is 6.55. The van der Waals surface area contributed by atoms with Gasteiger partial charge in [0.15, 0.2) is 0 Å². The highest BCUT2D eigenvalue weighted by atomic mass is 79.9. The number of amides is 2. The van der Waals surface area contributed by atoms with E-state index < -0.39 is 0 Å². The third kappa shape index (κ3) is 3.74. The van der Waals surface area contributed by atoms with Crippen LogP contribution in [0.15, 0.2) is 22.7 Å². The summed E-state index contributed by atoms with van der Waals surface area (Å²) in [5, 5.41) is 5.10. The quantitative estimate of drug-likeness (QED) is 0.722. The Kier molecular flexibility index (Phi) is 4.96. The summed E-state index contributed by atoms with van der Waals surface area (Å²) >= 11 is 3.23. The first-order chi connectivity index (χ1) is 8.06. The number of nitrogens with one attached hydrogen (secondary N) is 2. The molecule has 0 fully saturated rings. The molecule has 0 aliphatic heterocycles. The Hall–Kier alpha value is -1.56. The number of hydrogen-bond donors (Lipinski definition) is 3. The van der Waals surface area contributed by atoms with Gasteiger partial charge in [-0.1, -0.05) is 6.07 Å². The van der Waals surface area contributed by atoms with E-state index in [4.69, 9.17) is 5.73 Å². The summed E-state index contributed by atoms with van der Waals surface area (Å²) in [6, 6.07) is 5.00. The molecule has 0 unspecified atom stereocenters. The molecule has 6 heteroatoms. The first-order valence-electron chi connectivity index (χ1n) is 5.15. The number of nitrogen functional groups attached to an aromatic ring is 1. The van der Waals surface area contributed by atoms with Gasteiger partial charge in [0.05, 0.1) is 16.6 Å². The highest BCUT2D eigenvalue weighted by molar-refractivity contribution is 9.10. The lowest BCUT2D eigenvalue weighted by molar-refractivity contribution is -0.120. The smallest absolute Gasteiger partial charge is 0.252 e. The molecule has 0 saturated heterocycles. The Morgan fingerprint density at radius 1 is 1.35 bits per heavy atom. The number of nitrogens with two attached hydrogens (primary N) is 1. The van der Waals surface area contributed by atoms with Gasteiger partial charge in [-0.05, 0) is 35.0 Å². The highest BCUT2D eigenvalue weighted by Crippen LogP contribution is 2.23. The average molecular weight is 300 g/mol. The van der Waals surface area contributed by atoms with E-state index in [9.17, 15) is 9.59 Å². The molecule has 1 rings (SSSR count). The predicted octanol–water partition coefficient (Wildman–Crippen LogP) is 0.897. The van der Waals surface area contributed by atoms with Crippen molar-refractivity contribution in [2.45, 2.75) is 6.92 Å². The second-order valence-corrected chi connectivity index (χ2v) is 4.14. The van der Waals surface area contributed by atoms with Gasteiger partial charge >= 0.3 is 0 Å². The Labute approximate surface area is 108 Å². The van der Waals surface area contributed by atoms with Crippen molar-refractivity contribution in [3.8, 4) is 0 Å². The van der Waals surface area contributed by atoms with Gasteiger partial charge in [-0.15, -0.1) is 0 Å². The fraction of sp³-hybridized carbons (Fsp3) is 0.273. The van der Waals surface area contributed by atoms with Crippen LogP contribution in [0.2, 0.25) is 0 Å². The first kappa shape index (κ1) is 13.5. The molecule has 0 heterocycles. The average Bonchev–Trinajstić information content (AvgIpc) is 2.30. The van der Waals surface area contributed by atoms with Gasteiger partial charge in [-0.25, -0.2) is 0 Å². The zero-order chi connectivity index (χ0) is 12.8. The Morgan fingerprint density at radius 2 is 2.06 bits per heavy atom. The summed E-state index contributed by atoms with van der Waals surface area (Å²) in [6.45, 7) is 2.30. The SMILES string of the molecule is CCNC(=O)CNC(=O)c1cccc(N)c1Br. The van der Waals surface area contributed by atoms with Crippen LogP contribution in [0.4, 0.5) is 5.69 Å². The Balaban J connectivity index is 2.64. The van der Waals surface area contributed by atoms with Crippen molar-refractivity contribution in [1.29, 1.82) is 0 Å². The van der Waals surface area contributed by atoms with E-state index in [2.05, 4.69) is 26.6 Å². The zero-order valence-electron chi connectivity index (χ0n) is 9.42. The molecule has 17 heavy (non-hydrogen) atoms. The molecule has 1 aromatic rings. The van der Waals surface area contributed by atoms with Crippen LogP contribution in [-0.4, -0.2) is 24.9 Å². The normalized spacial score (nSPS) is 9.76. The monoisotopic (exact) mass is 299 g/mol. The summed E-state index contributed by atoms with van der Waals surface area (Å²) < 4.78 is 0.536. The molecule has 2 amide bonds. The van der Waals surface area contributed by atoms with E-state index in [1.807, 2.05) is 6.92 Å². The molecule has 0 bridgehead atoms. The van der Waals surface area contributed by atoms with E-state index in [1.165, 1.54) is 0 Å². The predicted molar refractivity (Wildman–Crippen MR) is 69.6 cm³/mol. The van der Waals surface area contributed by atoms with E-state index in [1.54, 1.807) is 18.2 Å². The first-order valence-corrected chi connectivity index (χ1v) is 5.94. The number of hydrogen-bond acceptors (Lipinski definition) is 3. The van der Waals surface area contributed by atoms with E-state index >= 15 is 0 Å². The van der Waals surface area contributed by atoms with E-state index in [0.29, 0.717) is 22.3 Å². The summed E-state index contributed by atoms with van der Waals surface area (Å²) in [5.74, 6) is -0.559. The van der Waals surface area contributed by atoms with Crippen LogP contribution in [0, 0.1) is 0 Å². The molecule has 0 radical (unpaired) electrons. The second kappa shape index (κ2) is 6.24. The number of likely N-dealkylation sites (N-methyl/N-ethyl adjacent to an activating group) is 1. The molecule has 5 nitrogen and oxygen atoms in total. The van der Waals surface area contributed by atoms with Gasteiger partial charge in [-0.2, -0.15) is 0 Å². The van der Waals surface area contributed by atoms with Gasteiger partial charge in [0.1, 0.15) is 0 Å². The van der Waals surface area contributed by atoms with Crippen LogP contribution >= 0.6 is 15.9 Å². The lowest BCUT2D eigenvalue weighted by Gasteiger charge is -2.08. The van der Waals surface area contributed by atoms with Gasteiger partial charge in [0, 0.05) is 12.2 Å². The van der Waals surface area contributed by atoms with Gasteiger partial charge in [-0.3, -0.25) is 9.59 Å². The van der Waals surface area contributed by atoms with Crippen LogP contribution in [0.5, 0.6) is 0 Å². The van der Waals surface area contributed by atoms with E-state index in [-0.39, 0.29) is 18.4 Å². The third-order valence-corrected chi connectivity index (χ3v) is 2.94. The summed E-state index contributed by atoms with van der Waals surface area (Å²) in [6.07, 6.45) is 0. The van der Waals surface area contributed by atoms with Crippen LogP contribution < -0.4 is 16.4 Å². The topological polar surface area (TPSA) is 84.2 Å². The van der Waals surface area contributed by atoms with Crippen molar-refractivity contribution in [2.75, 3.05) is 18.8 Å². The maximum absolute atomic E-state index is 11.7. The van der Waals surface area contributed by atoms with Crippen molar-refractivity contribution in [3.05, 3.63) is 28.2 Å².